The fraction of sp³-hybridized carbons (Fsp3) is 0.364. The minimum absolute atomic E-state index is 0.0583. The molecule has 0 saturated carbocycles. The second-order valence-corrected chi connectivity index (χ2v) is 3.43. The van der Waals surface area contributed by atoms with Gasteiger partial charge >= 0.3 is 0 Å². The van der Waals surface area contributed by atoms with Crippen molar-refractivity contribution in [3.8, 4) is 17.2 Å². The van der Waals surface area contributed by atoms with E-state index in [2.05, 4.69) is 0 Å². The summed E-state index contributed by atoms with van der Waals surface area (Å²) in [5, 5.41) is 9.68. The fourth-order valence-corrected chi connectivity index (χ4v) is 1.57. The van der Waals surface area contributed by atoms with E-state index in [9.17, 15) is 9.90 Å². The highest BCUT2D eigenvalue weighted by Gasteiger charge is 2.40. The molecule has 0 radical (unpaired) electrons. The summed E-state index contributed by atoms with van der Waals surface area (Å²) < 4.78 is 15.1. The van der Waals surface area contributed by atoms with E-state index in [1.807, 2.05) is 0 Å². The van der Waals surface area contributed by atoms with E-state index in [-0.39, 0.29) is 11.9 Å². The predicted octanol–water partition coefficient (Wildman–Crippen LogP) is 1.05. The maximum absolute atomic E-state index is 10.5. The van der Waals surface area contributed by atoms with Crippen LogP contribution in [0.1, 0.15) is 11.7 Å². The predicted molar refractivity (Wildman–Crippen MR) is 54.9 cm³/mol. The zero-order valence-electron chi connectivity index (χ0n) is 8.97. The van der Waals surface area contributed by atoms with Crippen molar-refractivity contribution in [1.29, 1.82) is 0 Å². The summed E-state index contributed by atoms with van der Waals surface area (Å²) in [5.74, 6) is 0.543. The fourth-order valence-electron chi connectivity index (χ4n) is 1.57. The van der Waals surface area contributed by atoms with E-state index < -0.39 is 6.10 Å². The zero-order valence-corrected chi connectivity index (χ0v) is 8.97. The van der Waals surface area contributed by atoms with E-state index in [1.165, 1.54) is 14.2 Å². The number of aromatic hydroxyl groups is 1. The van der Waals surface area contributed by atoms with Crippen LogP contribution in [0, 0.1) is 0 Å². The first-order valence-electron chi connectivity index (χ1n) is 4.77. The molecule has 0 bridgehead atoms. The highest BCUT2D eigenvalue weighted by atomic mass is 16.6. The maximum atomic E-state index is 10.5. The number of epoxide rings is 1. The molecule has 2 rings (SSSR count). The summed E-state index contributed by atoms with van der Waals surface area (Å²) in [4.78, 5) is 10.5. The van der Waals surface area contributed by atoms with Crippen LogP contribution in [0.3, 0.4) is 0 Å². The van der Waals surface area contributed by atoms with Crippen molar-refractivity contribution >= 4 is 6.29 Å². The number of phenols is 1. The molecule has 1 heterocycles. The van der Waals surface area contributed by atoms with Gasteiger partial charge in [-0.15, -0.1) is 0 Å². The van der Waals surface area contributed by atoms with Crippen LogP contribution in [0.2, 0.25) is 0 Å². The van der Waals surface area contributed by atoms with Crippen molar-refractivity contribution in [1.82, 2.24) is 0 Å². The lowest BCUT2D eigenvalue weighted by Gasteiger charge is -2.09. The van der Waals surface area contributed by atoms with Gasteiger partial charge in [0, 0.05) is 0 Å². The Bertz CT molecular complexity index is 390. The minimum Gasteiger partial charge on any atom is -0.502 e. The Kier molecular flexibility index (Phi) is 2.70. The normalized spacial score (nSPS) is 22.6. The summed E-state index contributed by atoms with van der Waals surface area (Å²) in [6.07, 6.45) is 0.0797. The third-order valence-corrected chi connectivity index (χ3v) is 2.49. The summed E-state index contributed by atoms with van der Waals surface area (Å²) in [6, 6.07) is 3.26. The Balaban J connectivity index is 2.36. The number of rotatable bonds is 4. The summed E-state index contributed by atoms with van der Waals surface area (Å²) >= 11 is 0. The SMILES string of the molecule is COc1cc(C2OC2C=O)cc(OC)c1O. The van der Waals surface area contributed by atoms with Crippen molar-refractivity contribution in [2.24, 2.45) is 0 Å². The van der Waals surface area contributed by atoms with Gasteiger partial charge < -0.3 is 24.1 Å². The van der Waals surface area contributed by atoms with Crippen molar-refractivity contribution in [2.75, 3.05) is 14.2 Å². The molecule has 5 nitrogen and oxygen atoms in total. The molecule has 0 aromatic heterocycles. The van der Waals surface area contributed by atoms with Crippen molar-refractivity contribution in [2.45, 2.75) is 12.2 Å². The standard InChI is InChI=1S/C11H12O5/c1-14-7-3-6(11-9(5-12)16-11)4-8(15-2)10(7)13/h3-5,9,11,13H,1-2H3. The van der Waals surface area contributed by atoms with E-state index in [0.29, 0.717) is 11.5 Å². The number of phenolic OH excluding ortho intramolecular Hbond substituents is 1. The quantitative estimate of drug-likeness (QED) is 0.611. The second-order valence-electron chi connectivity index (χ2n) is 3.43. The monoisotopic (exact) mass is 224 g/mol. The number of aldehydes is 1. The van der Waals surface area contributed by atoms with Gasteiger partial charge in [-0.1, -0.05) is 0 Å². The Morgan fingerprint density at radius 1 is 1.31 bits per heavy atom. The molecule has 1 N–H and O–H groups in total. The van der Waals surface area contributed by atoms with Crippen LogP contribution >= 0.6 is 0 Å². The molecule has 0 amide bonds. The highest BCUT2D eigenvalue weighted by Crippen LogP contribution is 2.44. The molecular formula is C11H12O5. The lowest BCUT2D eigenvalue weighted by Crippen LogP contribution is -1.94. The molecule has 5 heteroatoms. The molecule has 1 fully saturated rings. The van der Waals surface area contributed by atoms with Crippen molar-refractivity contribution in [3.63, 3.8) is 0 Å². The van der Waals surface area contributed by atoms with Gasteiger partial charge in [-0.3, -0.25) is 0 Å². The van der Waals surface area contributed by atoms with Crippen molar-refractivity contribution < 1.29 is 24.1 Å². The first kappa shape index (κ1) is 10.8. The third-order valence-electron chi connectivity index (χ3n) is 2.49. The van der Waals surface area contributed by atoms with Crippen molar-refractivity contribution in [3.05, 3.63) is 17.7 Å². The van der Waals surface area contributed by atoms with E-state index >= 15 is 0 Å². The molecule has 16 heavy (non-hydrogen) atoms. The lowest BCUT2D eigenvalue weighted by atomic mass is 10.1. The van der Waals surface area contributed by atoms with Gasteiger partial charge in [0.05, 0.1) is 14.2 Å². The summed E-state index contributed by atoms with van der Waals surface area (Å²) in [6.45, 7) is 0. The van der Waals surface area contributed by atoms with E-state index in [1.54, 1.807) is 12.1 Å². The van der Waals surface area contributed by atoms with Crippen LogP contribution in [0.15, 0.2) is 12.1 Å². The van der Waals surface area contributed by atoms with Gasteiger partial charge in [-0.2, -0.15) is 0 Å². The first-order valence-corrected chi connectivity index (χ1v) is 4.77. The highest BCUT2D eigenvalue weighted by molar-refractivity contribution is 5.63. The average molecular weight is 224 g/mol. The van der Waals surface area contributed by atoms with Crippen LogP contribution in [-0.4, -0.2) is 31.7 Å². The van der Waals surface area contributed by atoms with E-state index in [4.69, 9.17) is 14.2 Å². The number of hydrogen-bond donors (Lipinski definition) is 1. The second kappa shape index (κ2) is 4.02. The number of ether oxygens (including phenoxy) is 3. The Morgan fingerprint density at radius 3 is 2.25 bits per heavy atom. The van der Waals surface area contributed by atoms with E-state index in [0.717, 1.165) is 11.8 Å². The van der Waals surface area contributed by atoms with Gasteiger partial charge in [-0.05, 0) is 17.7 Å². The number of carbonyl (C=O) groups excluding carboxylic acids is 1. The maximum Gasteiger partial charge on any atom is 0.200 e. The molecule has 1 aliphatic rings. The molecule has 0 spiro atoms. The molecule has 1 aliphatic heterocycles. The molecule has 86 valence electrons. The van der Waals surface area contributed by atoms with Gasteiger partial charge in [0.15, 0.2) is 17.8 Å². The number of carbonyl (C=O) groups is 1. The Hall–Kier alpha value is -1.75. The van der Waals surface area contributed by atoms with Crippen LogP contribution in [-0.2, 0) is 9.53 Å². The first-order chi connectivity index (χ1) is 7.71. The Morgan fingerprint density at radius 2 is 1.88 bits per heavy atom. The zero-order chi connectivity index (χ0) is 11.7. The molecule has 1 aromatic rings. The minimum atomic E-state index is -0.404. The summed E-state index contributed by atoms with van der Waals surface area (Å²) in [7, 11) is 2.90. The average Bonchev–Trinajstić information content (AvgIpc) is 3.08. The molecule has 1 aromatic carbocycles. The van der Waals surface area contributed by atoms with Crippen LogP contribution in [0.5, 0.6) is 17.2 Å². The number of hydrogen-bond acceptors (Lipinski definition) is 5. The van der Waals surface area contributed by atoms with Crippen LogP contribution < -0.4 is 9.47 Å². The van der Waals surface area contributed by atoms with Gasteiger partial charge in [0.2, 0.25) is 5.75 Å². The van der Waals surface area contributed by atoms with Gasteiger partial charge in [0.25, 0.3) is 0 Å². The summed E-state index contributed by atoms with van der Waals surface area (Å²) in [5.41, 5.74) is 0.753. The molecule has 2 unspecified atom stereocenters. The molecule has 1 saturated heterocycles. The lowest BCUT2D eigenvalue weighted by molar-refractivity contribution is -0.108. The Labute approximate surface area is 92.5 Å². The topological polar surface area (TPSA) is 68.3 Å². The largest absolute Gasteiger partial charge is 0.502 e. The number of methoxy groups -OCH3 is 2. The third kappa shape index (κ3) is 1.69. The number of benzene rings is 1. The van der Waals surface area contributed by atoms with Crippen LogP contribution in [0.4, 0.5) is 0 Å². The molecule has 0 aliphatic carbocycles. The van der Waals surface area contributed by atoms with Gasteiger partial charge in [0.1, 0.15) is 12.2 Å². The van der Waals surface area contributed by atoms with Crippen LogP contribution in [0.25, 0.3) is 0 Å². The molecular weight excluding hydrogens is 212 g/mol. The van der Waals surface area contributed by atoms with Gasteiger partial charge in [-0.25, -0.2) is 0 Å². The smallest absolute Gasteiger partial charge is 0.200 e. The molecule has 2 atom stereocenters.